The number of benzene rings is 4. The molecular formula is C30H24Cl4N4O4. The number of carbonyl (C=O) groups excluding carboxylic acids is 4. The van der Waals surface area contributed by atoms with Crippen molar-refractivity contribution in [3.05, 3.63) is 117 Å². The lowest BCUT2D eigenvalue weighted by Gasteiger charge is -2.07. The van der Waals surface area contributed by atoms with E-state index in [-0.39, 0.29) is 12.8 Å². The Hall–Kier alpha value is -4.08. The molecule has 4 N–H and O–H groups in total. The molecule has 0 saturated carbocycles. The molecule has 0 spiro atoms. The van der Waals surface area contributed by atoms with E-state index in [1.165, 1.54) is 0 Å². The van der Waals surface area contributed by atoms with Crippen LogP contribution in [-0.4, -0.2) is 23.6 Å². The zero-order chi connectivity index (χ0) is 30.5. The second-order valence-corrected chi connectivity index (χ2v) is 10.3. The lowest BCUT2D eigenvalue weighted by atomic mass is 10.3. The molecule has 42 heavy (non-hydrogen) atoms. The van der Waals surface area contributed by atoms with Crippen molar-refractivity contribution in [2.45, 2.75) is 12.8 Å². The summed E-state index contributed by atoms with van der Waals surface area (Å²) in [6, 6.07) is 26.8. The van der Waals surface area contributed by atoms with Gasteiger partial charge in [-0.1, -0.05) is 70.7 Å². The van der Waals surface area contributed by atoms with Crippen LogP contribution in [0, 0.1) is 0 Å². The largest absolute Gasteiger partial charge is 0.326 e. The Morgan fingerprint density at radius 3 is 0.810 bits per heavy atom. The lowest BCUT2D eigenvalue weighted by Crippen LogP contribution is -2.21. The Bertz CT molecular complexity index is 1350. The fourth-order valence-corrected chi connectivity index (χ4v) is 4.14. The summed E-state index contributed by atoms with van der Waals surface area (Å²) < 4.78 is 0. The molecule has 0 aromatic heterocycles. The SMILES string of the molecule is O=C(CC(=O)Nc1cccc(Cl)c1)Nc1cccc(Cl)c1.O=C(CC(=O)Nc1cccc(Cl)c1)Nc1cccc(Cl)c1. The van der Waals surface area contributed by atoms with Crippen LogP contribution in [0.25, 0.3) is 0 Å². The maximum Gasteiger partial charge on any atom is 0.233 e. The molecule has 4 amide bonds. The summed E-state index contributed by atoms with van der Waals surface area (Å²) in [5.74, 6) is -1.68. The number of rotatable bonds is 8. The highest BCUT2D eigenvalue weighted by atomic mass is 35.5. The minimum atomic E-state index is -0.420. The van der Waals surface area contributed by atoms with E-state index in [1.54, 1.807) is 97.1 Å². The van der Waals surface area contributed by atoms with E-state index in [2.05, 4.69) is 21.3 Å². The van der Waals surface area contributed by atoms with Crippen LogP contribution in [0.2, 0.25) is 20.1 Å². The summed E-state index contributed by atoms with van der Waals surface area (Å²) in [6.07, 6.45) is -0.585. The van der Waals surface area contributed by atoms with Gasteiger partial charge in [0.25, 0.3) is 0 Å². The molecule has 0 saturated heterocycles. The average Bonchev–Trinajstić information content (AvgIpc) is 2.89. The minimum Gasteiger partial charge on any atom is -0.326 e. The van der Waals surface area contributed by atoms with E-state index in [0.29, 0.717) is 42.8 Å². The van der Waals surface area contributed by atoms with Crippen molar-refractivity contribution in [1.29, 1.82) is 0 Å². The van der Waals surface area contributed by atoms with Gasteiger partial charge in [0.2, 0.25) is 23.6 Å². The molecule has 0 heterocycles. The normalized spacial score (nSPS) is 10.0. The van der Waals surface area contributed by atoms with Gasteiger partial charge in [0.15, 0.2) is 0 Å². The minimum absolute atomic E-state index is 0.293. The molecule has 0 unspecified atom stereocenters. The van der Waals surface area contributed by atoms with Gasteiger partial charge in [-0.15, -0.1) is 0 Å². The maximum atomic E-state index is 11.8. The molecule has 0 aliphatic carbocycles. The van der Waals surface area contributed by atoms with Crippen LogP contribution in [0.4, 0.5) is 22.7 Å². The van der Waals surface area contributed by atoms with E-state index in [4.69, 9.17) is 46.4 Å². The van der Waals surface area contributed by atoms with E-state index < -0.39 is 23.6 Å². The van der Waals surface area contributed by atoms with Gasteiger partial charge in [-0.25, -0.2) is 0 Å². The monoisotopic (exact) mass is 644 g/mol. The van der Waals surface area contributed by atoms with Gasteiger partial charge in [-0.2, -0.15) is 0 Å². The lowest BCUT2D eigenvalue weighted by molar-refractivity contribution is -0.125. The third-order valence-electron chi connectivity index (χ3n) is 5.08. The van der Waals surface area contributed by atoms with Crippen LogP contribution >= 0.6 is 46.4 Å². The van der Waals surface area contributed by atoms with Crippen LogP contribution in [0.5, 0.6) is 0 Å². The van der Waals surface area contributed by atoms with E-state index in [9.17, 15) is 19.2 Å². The fraction of sp³-hybridized carbons (Fsp3) is 0.0667. The van der Waals surface area contributed by atoms with E-state index >= 15 is 0 Å². The Morgan fingerprint density at radius 2 is 0.619 bits per heavy atom. The number of halogens is 4. The fourth-order valence-electron chi connectivity index (χ4n) is 3.38. The number of amides is 4. The third kappa shape index (κ3) is 12.2. The van der Waals surface area contributed by atoms with Crippen molar-refractivity contribution >= 4 is 92.8 Å². The van der Waals surface area contributed by atoms with Crippen molar-refractivity contribution in [1.82, 2.24) is 0 Å². The predicted octanol–water partition coefficient (Wildman–Crippen LogP) is 7.92. The average molecular weight is 646 g/mol. The number of nitrogens with one attached hydrogen (secondary N) is 4. The van der Waals surface area contributed by atoms with Gasteiger partial charge in [0.1, 0.15) is 12.8 Å². The van der Waals surface area contributed by atoms with Gasteiger partial charge in [-0.3, -0.25) is 19.2 Å². The van der Waals surface area contributed by atoms with Gasteiger partial charge < -0.3 is 21.3 Å². The summed E-state index contributed by atoms with van der Waals surface area (Å²) in [5.41, 5.74) is 2.18. The zero-order valence-corrected chi connectivity index (χ0v) is 24.8. The summed E-state index contributed by atoms with van der Waals surface area (Å²) >= 11 is 23.3. The molecule has 0 atom stereocenters. The maximum absolute atomic E-state index is 11.8. The number of carbonyl (C=O) groups is 4. The summed E-state index contributed by atoms with van der Waals surface area (Å²) in [6.45, 7) is 0. The first-order valence-corrected chi connectivity index (χ1v) is 13.8. The molecule has 4 aromatic carbocycles. The second kappa shape index (κ2) is 16.4. The van der Waals surface area contributed by atoms with Gasteiger partial charge >= 0.3 is 0 Å². The molecule has 4 rings (SSSR count). The van der Waals surface area contributed by atoms with Crippen LogP contribution in [0.1, 0.15) is 12.8 Å². The summed E-state index contributed by atoms with van der Waals surface area (Å²) in [7, 11) is 0. The van der Waals surface area contributed by atoms with Crippen molar-refractivity contribution in [3.63, 3.8) is 0 Å². The Labute approximate surface area is 262 Å². The van der Waals surface area contributed by atoms with E-state index in [1.807, 2.05) is 0 Å². The van der Waals surface area contributed by atoms with Crippen LogP contribution in [0.15, 0.2) is 97.1 Å². The van der Waals surface area contributed by atoms with Gasteiger partial charge in [0.05, 0.1) is 0 Å². The molecule has 216 valence electrons. The predicted molar refractivity (Wildman–Crippen MR) is 170 cm³/mol. The molecule has 4 aromatic rings. The number of hydrogen-bond donors (Lipinski definition) is 4. The highest BCUT2D eigenvalue weighted by Crippen LogP contribution is 2.18. The summed E-state index contributed by atoms with van der Waals surface area (Å²) in [4.78, 5) is 47.0. The first-order valence-electron chi connectivity index (χ1n) is 12.3. The highest BCUT2D eigenvalue weighted by molar-refractivity contribution is 6.32. The molecule has 12 heteroatoms. The van der Waals surface area contributed by atoms with Crippen molar-refractivity contribution in [3.8, 4) is 0 Å². The standard InChI is InChI=1S/2C15H12Cl2N2O2/c2*16-10-3-1-5-12(7-10)18-14(20)9-15(21)19-13-6-2-4-11(17)8-13/h2*1-8H,9H2,(H,18,20)(H,19,21). The summed E-state index contributed by atoms with van der Waals surface area (Å²) in [5, 5.41) is 12.4. The first kappa shape index (κ1) is 32.4. The van der Waals surface area contributed by atoms with Crippen molar-refractivity contribution in [2.24, 2.45) is 0 Å². The molecular weight excluding hydrogens is 622 g/mol. The molecule has 0 bridgehead atoms. The second-order valence-electron chi connectivity index (χ2n) is 8.59. The highest BCUT2D eigenvalue weighted by Gasteiger charge is 2.11. The Morgan fingerprint density at radius 1 is 0.405 bits per heavy atom. The van der Waals surface area contributed by atoms with Crippen LogP contribution < -0.4 is 21.3 Å². The van der Waals surface area contributed by atoms with Gasteiger partial charge in [0, 0.05) is 42.8 Å². The molecule has 8 nitrogen and oxygen atoms in total. The molecule has 0 fully saturated rings. The van der Waals surface area contributed by atoms with Crippen molar-refractivity contribution < 1.29 is 19.2 Å². The smallest absolute Gasteiger partial charge is 0.233 e. The third-order valence-corrected chi connectivity index (χ3v) is 6.02. The van der Waals surface area contributed by atoms with Crippen LogP contribution in [0.3, 0.4) is 0 Å². The first-order chi connectivity index (χ1) is 20.0. The molecule has 0 radical (unpaired) electrons. The van der Waals surface area contributed by atoms with E-state index in [0.717, 1.165) is 0 Å². The number of hydrogen-bond acceptors (Lipinski definition) is 4. The van der Waals surface area contributed by atoms with Crippen molar-refractivity contribution in [2.75, 3.05) is 21.3 Å². The Kier molecular flexibility index (Phi) is 12.7. The topological polar surface area (TPSA) is 116 Å². The number of anilines is 4. The zero-order valence-electron chi connectivity index (χ0n) is 21.8. The van der Waals surface area contributed by atoms with Gasteiger partial charge in [-0.05, 0) is 72.8 Å². The quantitative estimate of drug-likeness (QED) is 0.146. The molecule has 0 aliphatic heterocycles. The van der Waals surface area contributed by atoms with Crippen LogP contribution in [-0.2, 0) is 19.2 Å². The Balaban J connectivity index is 0.000000230. The molecule has 0 aliphatic rings.